The Kier molecular flexibility index (Phi) is 17.0. The van der Waals surface area contributed by atoms with Crippen molar-refractivity contribution in [2.45, 2.75) is 65.4 Å². The number of benzene rings is 2. The summed E-state index contributed by atoms with van der Waals surface area (Å²) in [7, 11) is -6.29. The minimum atomic E-state index is -3.16. The van der Waals surface area contributed by atoms with Gasteiger partial charge in [0.05, 0.1) is 12.5 Å². The summed E-state index contributed by atoms with van der Waals surface area (Å²) in [6, 6.07) is 22.6. The van der Waals surface area contributed by atoms with Gasteiger partial charge in [-0.05, 0) is 106 Å². The van der Waals surface area contributed by atoms with Crippen LogP contribution in [0.1, 0.15) is 44.7 Å². The molecule has 77 heavy (non-hydrogen) atoms. The smallest absolute Gasteiger partial charge is 0.410 e. The Bertz CT molecular complexity index is 3420. The molecule has 0 atom stereocenters. The highest BCUT2D eigenvalue weighted by atomic mass is 32.2. The van der Waals surface area contributed by atoms with E-state index in [0.717, 1.165) is 65.8 Å². The number of nitrogens with zero attached hydrogens (tertiary/aromatic N) is 11. The quantitative estimate of drug-likeness (QED) is 0.124. The van der Waals surface area contributed by atoms with E-state index in [1.165, 1.54) is 27.2 Å². The maximum atomic E-state index is 12.8. The van der Waals surface area contributed by atoms with Crippen LogP contribution in [0.2, 0.25) is 0 Å². The molecule has 4 fully saturated rings. The van der Waals surface area contributed by atoms with E-state index in [-0.39, 0.29) is 23.1 Å². The number of sulfonamides is 2. The molecule has 4 aromatic heterocycles. The van der Waals surface area contributed by atoms with Crippen LogP contribution < -0.4 is 27.1 Å². The van der Waals surface area contributed by atoms with Gasteiger partial charge in [0.15, 0.2) is 0 Å². The predicted molar refractivity (Wildman–Crippen MR) is 297 cm³/mol. The summed E-state index contributed by atoms with van der Waals surface area (Å²) in [4.78, 5) is 62.1. The summed E-state index contributed by atoms with van der Waals surface area (Å²) in [6.07, 6.45) is 7.35. The zero-order chi connectivity index (χ0) is 54.5. The number of hydrogen-bond acceptors (Lipinski definition) is 17. The maximum Gasteiger partial charge on any atom is 0.410 e. The number of piperazine rings is 2. The average molecular weight is 1100 g/mol. The number of carbonyl (C=O) groups is 1. The Morgan fingerprint density at radius 2 is 1.08 bits per heavy atom. The number of ether oxygens (including phenoxy) is 1. The molecule has 412 valence electrons. The Hall–Kier alpha value is -6.41. The summed E-state index contributed by atoms with van der Waals surface area (Å²) in [5.41, 5.74) is 4.39. The Labute approximate surface area is 449 Å². The van der Waals surface area contributed by atoms with Crippen molar-refractivity contribution in [1.29, 1.82) is 0 Å². The van der Waals surface area contributed by atoms with Crippen molar-refractivity contribution in [1.82, 2.24) is 57.7 Å². The molecule has 0 saturated carbocycles. The number of pyridine rings is 2. The van der Waals surface area contributed by atoms with E-state index >= 15 is 0 Å². The normalized spacial score (nSPS) is 17.6. The number of amides is 1. The molecule has 2 aromatic carbocycles. The molecule has 1 amide bonds. The van der Waals surface area contributed by atoms with E-state index in [9.17, 15) is 31.2 Å². The summed E-state index contributed by atoms with van der Waals surface area (Å²) in [6.45, 7) is 16.1. The molecule has 6 aromatic rings. The minimum Gasteiger partial charge on any atom is -0.444 e. The standard InChI is InChI=1S/C29H39N7O5S.C24H31N7O3S/c1-29(2,3)41-28(38)34-19-22(20-34)10-11-36-25(37)9-8-23-17-30-27(32-26(23)36)31-24-7-5-6-21(16-24)18-33-12-14-35(15-13-33)42(4,39)40;1-35(33,34)30-11-9-29(10-12-30)17-18-3-2-4-21(13-18)27-24-26-16-20-5-6-22(32)31(23(20)28-24)8-7-19-14-25-15-19/h5-9,16-17,22H,10-15,18-20H2,1-4H3,(H,30,31,32);2-6,13,16,19,25H,7-12,14-15,17H2,1H3,(H,26,27,28). The van der Waals surface area contributed by atoms with Gasteiger partial charge in [-0.25, -0.2) is 31.6 Å². The zero-order valence-electron chi connectivity index (χ0n) is 44.5. The number of fused-ring (bicyclic) bond motifs is 2. The van der Waals surface area contributed by atoms with Gasteiger partial charge >= 0.3 is 6.09 Å². The summed E-state index contributed by atoms with van der Waals surface area (Å²) in [5.74, 6) is 1.73. The van der Waals surface area contributed by atoms with Crippen LogP contribution in [0.4, 0.5) is 28.1 Å². The van der Waals surface area contributed by atoms with Gasteiger partial charge in [-0.15, -0.1) is 0 Å². The Morgan fingerprint density at radius 3 is 1.48 bits per heavy atom. The van der Waals surface area contributed by atoms with Crippen molar-refractivity contribution in [2.24, 2.45) is 11.8 Å². The van der Waals surface area contributed by atoms with Gasteiger partial charge < -0.3 is 25.6 Å². The lowest BCUT2D eigenvalue weighted by Gasteiger charge is -2.39. The predicted octanol–water partition coefficient (Wildman–Crippen LogP) is 4.09. The number of hydrogen-bond donors (Lipinski definition) is 3. The number of rotatable bonds is 16. The molecule has 8 heterocycles. The van der Waals surface area contributed by atoms with E-state index < -0.39 is 25.6 Å². The van der Waals surface area contributed by atoms with E-state index in [2.05, 4.69) is 52.8 Å². The van der Waals surface area contributed by atoms with Crippen molar-refractivity contribution in [3.05, 3.63) is 117 Å². The highest BCUT2D eigenvalue weighted by molar-refractivity contribution is 7.88. The molecule has 4 aliphatic rings. The monoisotopic (exact) mass is 1090 g/mol. The third-order valence-electron chi connectivity index (χ3n) is 14.2. The lowest BCUT2D eigenvalue weighted by atomic mass is 9.97. The molecule has 24 heteroatoms. The van der Waals surface area contributed by atoms with Crippen molar-refractivity contribution >= 4 is 71.5 Å². The second-order valence-electron chi connectivity index (χ2n) is 21.5. The highest BCUT2D eigenvalue weighted by Crippen LogP contribution is 2.25. The molecule has 0 bridgehead atoms. The van der Waals surface area contributed by atoms with E-state index in [1.54, 1.807) is 44.6 Å². The van der Waals surface area contributed by atoms with E-state index in [1.807, 2.05) is 57.2 Å². The third kappa shape index (κ3) is 14.8. The molecule has 10 rings (SSSR count). The lowest BCUT2D eigenvalue weighted by molar-refractivity contribution is -0.00266. The number of likely N-dealkylation sites (tertiary alicyclic amines) is 1. The number of aromatic nitrogens is 6. The van der Waals surface area contributed by atoms with E-state index in [0.29, 0.717) is 114 Å². The van der Waals surface area contributed by atoms with Crippen LogP contribution in [0, 0.1) is 11.8 Å². The van der Waals surface area contributed by atoms with Gasteiger partial charge in [-0.2, -0.15) is 18.6 Å². The zero-order valence-corrected chi connectivity index (χ0v) is 46.1. The molecule has 0 spiro atoms. The largest absolute Gasteiger partial charge is 0.444 e. The maximum absolute atomic E-state index is 12.8. The SMILES string of the molecule is CC(C)(C)OC(=O)N1CC(CCn2c(=O)ccc3cnc(Nc4cccc(CN5CCN(S(C)(=O)=O)CC5)c4)nc32)C1.CS(=O)(=O)N1CCN(Cc2cccc(Nc3ncc4ccc(=O)n(CCC5CNC5)c4n3)c2)CC1. The first kappa shape index (κ1) is 55.3. The van der Waals surface area contributed by atoms with Crippen LogP contribution in [-0.2, 0) is 51.0 Å². The fourth-order valence-electron chi connectivity index (χ4n) is 9.81. The first-order chi connectivity index (χ1) is 36.7. The molecule has 22 nitrogen and oxygen atoms in total. The van der Waals surface area contributed by atoms with Crippen LogP contribution in [-0.4, -0.2) is 172 Å². The fraction of sp³-hybridized carbons (Fsp3) is 0.491. The molecular formula is C53H70N14O8S2. The number of nitrogens with one attached hydrogen (secondary N) is 3. The molecule has 0 radical (unpaired) electrons. The van der Waals surface area contributed by atoms with Crippen molar-refractivity contribution < 1.29 is 26.4 Å². The Morgan fingerprint density at radius 1 is 0.636 bits per heavy atom. The summed E-state index contributed by atoms with van der Waals surface area (Å²) in [5, 5.41) is 11.4. The highest BCUT2D eigenvalue weighted by Gasteiger charge is 2.34. The third-order valence-corrected chi connectivity index (χ3v) is 16.8. The first-order valence-corrected chi connectivity index (χ1v) is 29.9. The second-order valence-corrected chi connectivity index (χ2v) is 25.4. The van der Waals surface area contributed by atoms with Crippen LogP contribution >= 0.6 is 0 Å². The van der Waals surface area contributed by atoms with Crippen molar-refractivity contribution in [3.8, 4) is 0 Å². The number of carbonyl (C=O) groups excluding carboxylic acids is 1. The van der Waals surface area contributed by atoms with Crippen LogP contribution in [0.5, 0.6) is 0 Å². The van der Waals surface area contributed by atoms with Crippen LogP contribution in [0.25, 0.3) is 22.1 Å². The molecule has 0 unspecified atom stereocenters. The Balaban J connectivity index is 0.000000191. The van der Waals surface area contributed by atoms with Gasteiger partial charge in [-0.3, -0.25) is 28.5 Å². The van der Waals surface area contributed by atoms with E-state index in [4.69, 9.17) is 9.72 Å². The van der Waals surface area contributed by atoms with Gasteiger partial charge in [0.1, 0.15) is 16.9 Å². The minimum absolute atomic E-state index is 0.0487. The fourth-order valence-corrected chi connectivity index (χ4v) is 11.5. The van der Waals surface area contributed by atoms with Gasteiger partial charge in [0.25, 0.3) is 11.1 Å². The summed E-state index contributed by atoms with van der Waals surface area (Å²) < 4.78 is 59.0. The average Bonchev–Trinajstić information content (AvgIpc) is 3.34. The van der Waals surface area contributed by atoms with Gasteiger partial charge in [-0.1, -0.05) is 24.3 Å². The number of aryl methyl sites for hydroxylation is 2. The van der Waals surface area contributed by atoms with Crippen LogP contribution in [0.15, 0.2) is 94.8 Å². The second kappa shape index (κ2) is 23.7. The van der Waals surface area contributed by atoms with Gasteiger partial charge in [0.2, 0.25) is 31.9 Å². The number of anilines is 4. The molecule has 4 aliphatic heterocycles. The summed E-state index contributed by atoms with van der Waals surface area (Å²) >= 11 is 0. The van der Waals surface area contributed by atoms with Crippen LogP contribution in [0.3, 0.4) is 0 Å². The first-order valence-electron chi connectivity index (χ1n) is 26.2. The topological polar surface area (TPSA) is 242 Å². The molecule has 4 saturated heterocycles. The molecule has 0 aliphatic carbocycles. The van der Waals surface area contributed by atoms with Crippen molar-refractivity contribution in [2.75, 3.05) is 102 Å². The van der Waals surface area contributed by atoms with Gasteiger partial charge in [0, 0.05) is 138 Å². The lowest BCUT2D eigenvalue weighted by Crippen LogP contribution is -2.51. The molecule has 3 N–H and O–H groups in total. The van der Waals surface area contributed by atoms with Crippen molar-refractivity contribution in [3.63, 3.8) is 0 Å². The molecular weight excluding hydrogens is 1020 g/mol.